The minimum atomic E-state index is -0.0708. The molecular formula is C14H17N5OS. The molecule has 0 radical (unpaired) electrons. The molecule has 0 saturated heterocycles. The molecule has 0 saturated carbocycles. The Morgan fingerprint density at radius 2 is 2.48 bits per heavy atom. The van der Waals surface area contributed by atoms with Crippen molar-refractivity contribution >= 4 is 22.2 Å². The normalized spacial score (nSPS) is 12.6. The number of aryl methyl sites for hydroxylation is 1. The van der Waals surface area contributed by atoms with E-state index < -0.39 is 0 Å². The van der Waals surface area contributed by atoms with Crippen molar-refractivity contribution in [3.8, 4) is 0 Å². The summed E-state index contributed by atoms with van der Waals surface area (Å²) in [7, 11) is 0. The topological polar surface area (TPSA) is 75.1 Å². The van der Waals surface area contributed by atoms with Gasteiger partial charge in [-0.3, -0.25) is 14.3 Å². The Morgan fingerprint density at radius 3 is 3.24 bits per heavy atom. The van der Waals surface area contributed by atoms with Gasteiger partial charge in [0, 0.05) is 30.4 Å². The van der Waals surface area contributed by atoms with E-state index in [1.807, 2.05) is 35.3 Å². The molecular weight excluding hydrogens is 286 g/mol. The Balaban J connectivity index is 1.48. The summed E-state index contributed by atoms with van der Waals surface area (Å²) in [6.45, 7) is 1.96. The summed E-state index contributed by atoms with van der Waals surface area (Å²) >= 11 is 1.59. The molecule has 0 unspecified atom stereocenters. The zero-order valence-electron chi connectivity index (χ0n) is 11.7. The van der Waals surface area contributed by atoms with Gasteiger partial charge in [-0.2, -0.15) is 5.10 Å². The average molecular weight is 303 g/mol. The number of carbonyl (C=O) groups excluding carboxylic acids is 1. The number of H-pyrrole nitrogens is 1. The maximum atomic E-state index is 11.9. The highest BCUT2D eigenvalue weighted by Crippen LogP contribution is 2.16. The van der Waals surface area contributed by atoms with Crippen LogP contribution in [0.5, 0.6) is 0 Å². The van der Waals surface area contributed by atoms with E-state index in [1.165, 1.54) is 0 Å². The van der Waals surface area contributed by atoms with Crippen LogP contribution in [0.1, 0.15) is 37.1 Å². The lowest BCUT2D eigenvalue weighted by Crippen LogP contribution is -2.26. The highest BCUT2D eigenvalue weighted by molar-refractivity contribution is 7.15. The lowest BCUT2D eigenvalue weighted by atomic mass is 10.1. The summed E-state index contributed by atoms with van der Waals surface area (Å²) in [5.41, 5.74) is 2.02. The van der Waals surface area contributed by atoms with Gasteiger partial charge >= 0.3 is 0 Å². The van der Waals surface area contributed by atoms with Gasteiger partial charge in [-0.25, -0.2) is 4.98 Å². The number of hydrogen-bond acceptors (Lipinski definition) is 4. The van der Waals surface area contributed by atoms with Crippen molar-refractivity contribution < 1.29 is 4.79 Å². The number of hydrogen-bond donors (Lipinski definition) is 2. The van der Waals surface area contributed by atoms with E-state index in [4.69, 9.17) is 0 Å². The summed E-state index contributed by atoms with van der Waals surface area (Å²) in [5, 5.41) is 11.6. The fourth-order valence-corrected chi connectivity index (χ4v) is 2.92. The number of fused-ring (bicyclic) bond motifs is 1. The molecule has 0 bridgehead atoms. The fourth-order valence-electron chi connectivity index (χ4n) is 2.21. The third-order valence-corrected chi connectivity index (χ3v) is 4.13. The maximum Gasteiger partial charge on any atom is 0.220 e. The average Bonchev–Trinajstić information content (AvgIpc) is 3.14. The van der Waals surface area contributed by atoms with Crippen molar-refractivity contribution in [2.75, 3.05) is 0 Å². The molecule has 110 valence electrons. The first kappa shape index (κ1) is 13.8. The summed E-state index contributed by atoms with van der Waals surface area (Å²) in [5.74, 6) is 0.0577. The highest BCUT2D eigenvalue weighted by atomic mass is 32.1. The largest absolute Gasteiger partial charge is 0.348 e. The van der Waals surface area contributed by atoms with Crippen LogP contribution < -0.4 is 5.32 Å². The first-order valence-electron chi connectivity index (χ1n) is 6.91. The van der Waals surface area contributed by atoms with Gasteiger partial charge in [0.1, 0.15) is 0 Å². The van der Waals surface area contributed by atoms with E-state index >= 15 is 0 Å². The van der Waals surface area contributed by atoms with Crippen molar-refractivity contribution in [2.45, 2.75) is 32.2 Å². The first-order valence-corrected chi connectivity index (χ1v) is 7.79. The lowest BCUT2D eigenvalue weighted by Gasteiger charge is -2.11. The van der Waals surface area contributed by atoms with Crippen LogP contribution in [-0.2, 0) is 11.2 Å². The van der Waals surface area contributed by atoms with Crippen molar-refractivity contribution in [1.82, 2.24) is 24.9 Å². The van der Waals surface area contributed by atoms with Gasteiger partial charge in [0.05, 0.1) is 17.9 Å². The van der Waals surface area contributed by atoms with Gasteiger partial charge in [-0.1, -0.05) is 0 Å². The van der Waals surface area contributed by atoms with E-state index in [-0.39, 0.29) is 11.9 Å². The molecule has 3 aromatic heterocycles. The van der Waals surface area contributed by atoms with Crippen LogP contribution in [0.3, 0.4) is 0 Å². The molecule has 0 aliphatic rings. The summed E-state index contributed by atoms with van der Waals surface area (Å²) in [4.78, 5) is 17.4. The molecule has 1 amide bonds. The van der Waals surface area contributed by atoms with Crippen molar-refractivity contribution in [3.63, 3.8) is 0 Å². The highest BCUT2D eigenvalue weighted by Gasteiger charge is 2.13. The van der Waals surface area contributed by atoms with Crippen LogP contribution in [0.15, 0.2) is 30.2 Å². The minimum absolute atomic E-state index is 0.0577. The van der Waals surface area contributed by atoms with Crippen LogP contribution in [0.2, 0.25) is 0 Å². The molecule has 6 nitrogen and oxygen atoms in total. The fraction of sp³-hybridized carbons (Fsp3) is 0.357. The van der Waals surface area contributed by atoms with Gasteiger partial charge in [0.15, 0.2) is 4.96 Å². The van der Waals surface area contributed by atoms with Crippen LogP contribution in [0, 0.1) is 0 Å². The molecule has 1 atom stereocenters. The van der Waals surface area contributed by atoms with Crippen LogP contribution >= 0.6 is 11.3 Å². The first-order chi connectivity index (χ1) is 10.2. The Labute approximate surface area is 126 Å². The van der Waals surface area contributed by atoms with Crippen LogP contribution in [-0.4, -0.2) is 25.5 Å². The number of aromatic amines is 1. The number of nitrogens with one attached hydrogen (secondary N) is 2. The van der Waals surface area contributed by atoms with Crippen LogP contribution in [0.25, 0.3) is 4.96 Å². The zero-order chi connectivity index (χ0) is 14.7. The predicted molar refractivity (Wildman–Crippen MR) is 81.2 cm³/mol. The summed E-state index contributed by atoms with van der Waals surface area (Å²) in [6, 6.07) is -0.0708. The second-order valence-electron chi connectivity index (χ2n) is 5.01. The number of imidazole rings is 1. The van der Waals surface area contributed by atoms with Crippen molar-refractivity contribution in [1.29, 1.82) is 0 Å². The molecule has 3 heterocycles. The molecule has 0 spiro atoms. The van der Waals surface area contributed by atoms with E-state index in [2.05, 4.69) is 20.5 Å². The van der Waals surface area contributed by atoms with Gasteiger partial charge < -0.3 is 5.32 Å². The van der Waals surface area contributed by atoms with E-state index in [9.17, 15) is 4.79 Å². The Hall–Kier alpha value is -2.15. The van der Waals surface area contributed by atoms with E-state index in [0.29, 0.717) is 6.42 Å². The Kier molecular flexibility index (Phi) is 4.01. The third-order valence-electron chi connectivity index (χ3n) is 3.36. The Morgan fingerprint density at radius 1 is 1.57 bits per heavy atom. The molecule has 3 aromatic rings. The van der Waals surface area contributed by atoms with Crippen molar-refractivity contribution in [2.24, 2.45) is 0 Å². The van der Waals surface area contributed by atoms with Gasteiger partial charge in [-0.15, -0.1) is 11.3 Å². The monoisotopic (exact) mass is 303 g/mol. The molecule has 7 heteroatoms. The number of carbonyl (C=O) groups is 1. The molecule has 0 fully saturated rings. The molecule has 0 aliphatic heterocycles. The van der Waals surface area contributed by atoms with E-state index in [1.54, 1.807) is 17.5 Å². The number of amides is 1. The molecule has 0 aliphatic carbocycles. The third kappa shape index (κ3) is 3.30. The lowest BCUT2D eigenvalue weighted by molar-refractivity contribution is -0.121. The van der Waals surface area contributed by atoms with Crippen LogP contribution in [0.4, 0.5) is 0 Å². The van der Waals surface area contributed by atoms with Gasteiger partial charge in [-0.05, 0) is 25.3 Å². The number of thiazole rings is 1. The molecule has 0 aromatic carbocycles. The van der Waals surface area contributed by atoms with Gasteiger partial charge in [0.25, 0.3) is 0 Å². The maximum absolute atomic E-state index is 11.9. The molecule has 21 heavy (non-hydrogen) atoms. The smallest absolute Gasteiger partial charge is 0.220 e. The quantitative estimate of drug-likeness (QED) is 0.734. The minimum Gasteiger partial charge on any atom is -0.348 e. The standard InChI is InChI=1S/C14H17N5OS/c1-10(12-9-19-5-6-21-14(19)18-12)17-13(20)4-2-3-11-7-15-16-8-11/h5-10H,2-4H2,1H3,(H,15,16)(H,17,20)/t10-/m1/s1. The SMILES string of the molecule is C[C@@H](NC(=O)CCCc1cn[nH]c1)c1cn2ccsc2n1. The molecule has 3 rings (SSSR count). The van der Waals surface area contributed by atoms with E-state index in [0.717, 1.165) is 29.1 Å². The summed E-state index contributed by atoms with van der Waals surface area (Å²) in [6.07, 6.45) is 9.77. The van der Waals surface area contributed by atoms with Crippen molar-refractivity contribution in [3.05, 3.63) is 41.4 Å². The second kappa shape index (κ2) is 6.09. The number of rotatable bonds is 6. The Bertz CT molecular complexity index is 686. The van der Waals surface area contributed by atoms with Gasteiger partial charge in [0.2, 0.25) is 5.91 Å². The molecule has 2 N–H and O–H groups in total. The second-order valence-corrected chi connectivity index (χ2v) is 5.88. The predicted octanol–water partition coefficient (Wildman–Crippen LogP) is 2.32. The number of aromatic nitrogens is 4. The summed E-state index contributed by atoms with van der Waals surface area (Å²) < 4.78 is 1.97. The zero-order valence-corrected chi connectivity index (χ0v) is 12.6. The number of nitrogens with zero attached hydrogens (tertiary/aromatic N) is 3.